The minimum Gasteiger partial charge on any atom is -0.255 e. The van der Waals surface area contributed by atoms with Crippen LogP contribution >= 0.6 is 0 Å². The highest BCUT2D eigenvalue weighted by atomic mass is 14.8. The van der Waals surface area contributed by atoms with Crippen molar-refractivity contribution in [1.29, 1.82) is 0 Å². The summed E-state index contributed by atoms with van der Waals surface area (Å²) < 4.78 is 0. The van der Waals surface area contributed by atoms with Crippen LogP contribution < -0.4 is 0 Å². The monoisotopic (exact) mass is 817 g/mol. The van der Waals surface area contributed by atoms with E-state index in [-0.39, 0.29) is 0 Å². The summed E-state index contributed by atoms with van der Waals surface area (Å²) in [6, 6.07) is 18.2. The molecule has 0 unspecified atom stereocenters. The van der Waals surface area contributed by atoms with Crippen LogP contribution in [0.2, 0.25) is 0 Å². The van der Waals surface area contributed by atoms with Crippen molar-refractivity contribution in [3.63, 3.8) is 0 Å². The summed E-state index contributed by atoms with van der Waals surface area (Å²) in [7, 11) is 0. The van der Waals surface area contributed by atoms with E-state index < -0.39 is 0 Å². The Morgan fingerprint density at radius 2 is 0.450 bits per heavy atom. The lowest BCUT2D eigenvalue weighted by Crippen LogP contribution is -2.02. The molecule has 0 radical (unpaired) electrons. The average Bonchev–Trinajstić information content (AvgIpc) is 3.29. The van der Waals surface area contributed by atoms with Gasteiger partial charge >= 0.3 is 0 Å². The van der Waals surface area contributed by atoms with Crippen molar-refractivity contribution in [3.8, 4) is 22.8 Å². The van der Waals surface area contributed by atoms with E-state index in [0.29, 0.717) is 23.7 Å². The van der Waals surface area contributed by atoms with Gasteiger partial charge in [0.05, 0.1) is 22.8 Å². The maximum atomic E-state index is 4.71. The van der Waals surface area contributed by atoms with E-state index in [9.17, 15) is 0 Å². The maximum absolute atomic E-state index is 4.71. The van der Waals surface area contributed by atoms with Crippen molar-refractivity contribution >= 4 is 0 Å². The molecule has 0 amide bonds. The van der Waals surface area contributed by atoms with Crippen LogP contribution in [0.15, 0.2) is 73.3 Å². The number of nitrogens with zero attached hydrogens (tertiary/aromatic N) is 4. The van der Waals surface area contributed by atoms with Gasteiger partial charge in [0.25, 0.3) is 0 Å². The first kappa shape index (κ1) is 51.0. The highest BCUT2D eigenvalue weighted by Crippen LogP contribution is 2.34. The lowest BCUT2D eigenvalue weighted by Gasteiger charge is -2.19. The third-order valence-electron chi connectivity index (χ3n) is 12.8. The molecule has 0 fully saturated rings. The van der Waals surface area contributed by atoms with Crippen LogP contribution in [0.4, 0.5) is 0 Å². The molecule has 0 N–H and O–H groups in total. The normalized spacial score (nSPS) is 11.5. The Bertz CT molecular complexity index is 1390. The van der Waals surface area contributed by atoms with Crippen LogP contribution in [0.5, 0.6) is 0 Å². The predicted molar refractivity (Wildman–Crippen MR) is 262 cm³/mol. The Balaban J connectivity index is 0.000000320. The molecule has 0 saturated heterocycles. The molecule has 4 heterocycles. The van der Waals surface area contributed by atoms with Crippen molar-refractivity contribution < 1.29 is 0 Å². The van der Waals surface area contributed by atoms with Gasteiger partial charge in [0.2, 0.25) is 0 Å². The zero-order chi connectivity index (χ0) is 43.2. The van der Waals surface area contributed by atoms with Gasteiger partial charge in [-0.2, -0.15) is 0 Å². The van der Waals surface area contributed by atoms with Gasteiger partial charge in [-0.25, -0.2) is 0 Å². The number of aromatic nitrogens is 4. The van der Waals surface area contributed by atoms with E-state index in [1.54, 1.807) is 0 Å². The largest absolute Gasteiger partial charge is 0.255 e. The van der Waals surface area contributed by atoms with E-state index in [1.165, 1.54) is 176 Å². The fraction of sp³-hybridized carbons (Fsp3) is 0.643. The highest BCUT2D eigenvalue weighted by Gasteiger charge is 2.17. The number of rotatable bonds is 30. The van der Waals surface area contributed by atoms with Crippen LogP contribution in [0.1, 0.15) is 255 Å². The van der Waals surface area contributed by atoms with E-state index in [2.05, 4.69) is 104 Å². The van der Waals surface area contributed by atoms with Gasteiger partial charge in [-0.3, -0.25) is 19.9 Å². The predicted octanol–water partition coefficient (Wildman–Crippen LogP) is 18.1. The summed E-state index contributed by atoms with van der Waals surface area (Å²) in [5.41, 5.74) is 9.94. The molecular weight excluding hydrogens is 729 g/mol. The highest BCUT2D eigenvalue weighted by molar-refractivity contribution is 5.57. The van der Waals surface area contributed by atoms with Crippen LogP contribution in [0.3, 0.4) is 0 Å². The SMILES string of the molecule is CCCCC(CCCC)c1ccnc(-c2cc(C(CCCC)CCCC)ccn2)c1.CCCCC(CCCC)c1ccnc(-c2cc(C(CCCC)CCCC)ccn2)c1. The number of hydrogen-bond donors (Lipinski definition) is 0. The first-order valence-electron chi connectivity index (χ1n) is 25.3. The molecule has 4 nitrogen and oxygen atoms in total. The lowest BCUT2D eigenvalue weighted by atomic mass is 9.88. The molecular formula is C56H88N4. The summed E-state index contributed by atoms with van der Waals surface area (Å²) >= 11 is 0. The first-order valence-corrected chi connectivity index (χ1v) is 25.3. The van der Waals surface area contributed by atoms with E-state index >= 15 is 0 Å². The second kappa shape index (κ2) is 31.4. The van der Waals surface area contributed by atoms with Crippen LogP contribution in [-0.4, -0.2) is 19.9 Å². The summed E-state index contributed by atoms with van der Waals surface area (Å²) in [6.07, 6.45) is 38.8. The second-order valence-corrected chi connectivity index (χ2v) is 17.8. The average molecular weight is 817 g/mol. The quantitative estimate of drug-likeness (QED) is 0.0526. The first-order chi connectivity index (χ1) is 29.5. The van der Waals surface area contributed by atoms with Crippen molar-refractivity contribution in [2.24, 2.45) is 0 Å². The summed E-state index contributed by atoms with van der Waals surface area (Å²) in [5.74, 6) is 2.60. The molecule has 0 aliphatic carbocycles. The molecule has 0 atom stereocenters. The topological polar surface area (TPSA) is 51.6 Å². The fourth-order valence-electron chi connectivity index (χ4n) is 8.88. The van der Waals surface area contributed by atoms with Crippen molar-refractivity contribution in [1.82, 2.24) is 19.9 Å². The second-order valence-electron chi connectivity index (χ2n) is 17.8. The molecule has 0 aromatic carbocycles. The number of hydrogen-bond acceptors (Lipinski definition) is 4. The molecule has 60 heavy (non-hydrogen) atoms. The number of unbranched alkanes of at least 4 members (excludes halogenated alkanes) is 8. The lowest BCUT2D eigenvalue weighted by molar-refractivity contribution is 0.524. The van der Waals surface area contributed by atoms with Gasteiger partial charge in [-0.1, -0.05) is 158 Å². The Labute approximate surface area is 370 Å². The number of pyridine rings is 4. The van der Waals surface area contributed by atoms with Gasteiger partial charge in [0, 0.05) is 24.8 Å². The van der Waals surface area contributed by atoms with Gasteiger partial charge in [-0.15, -0.1) is 0 Å². The fourth-order valence-corrected chi connectivity index (χ4v) is 8.88. The van der Waals surface area contributed by atoms with Crippen LogP contribution in [0.25, 0.3) is 22.8 Å². The minimum atomic E-state index is 0.650. The molecule has 0 saturated carbocycles. The zero-order valence-electron chi connectivity index (χ0n) is 40.0. The molecule has 4 rings (SSSR count). The Kier molecular flexibility index (Phi) is 26.7. The van der Waals surface area contributed by atoms with Crippen molar-refractivity contribution in [3.05, 3.63) is 95.6 Å². The van der Waals surface area contributed by atoms with E-state index in [1.807, 2.05) is 24.8 Å². The molecule has 4 aromatic rings. The molecule has 0 spiro atoms. The van der Waals surface area contributed by atoms with Gasteiger partial charge < -0.3 is 0 Å². The Morgan fingerprint density at radius 1 is 0.283 bits per heavy atom. The van der Waals surface area contributed by atoms with Crippen LogP contribution in [-0.2, 0) is 0 Å². The molecule has 4 heteroatoms. The molecule has 0 aliphatic rings. The third kappa shape index (κ3) is 18.3. The molecule has 0 bridgehead atoms. The standard InChI is InChI=1S/2C28H44N2/c2*1-5-9-13-23(14-10-6-2)25-17-19-29-27(21-25)28-22-26(18-20-30-28)24(15-11-7-3)16-12-8-4/h2*17-24H,5-16H2,1-4H3. The molecule has 4 aromatic heterocycles. The van der Waals surface area contributed by atoms with Gasteiger partial charge in [0.15, 0.2) is 0 Å². The Morgan fingerprint density at radius 3 is 0.600 bits per heavy atom. The third-order valence-corrected chi connectivity index (χ3v) is 12.8. The molecule has 332 valence electrons. The summed E-state index contributed by atoms with van der Waals surface area (Å²) in [4.78, 5) is 18.9. The smallest absolute Gasteiger partial charge is 0.0889 e. The Hall–Kier alpha value is -3.40. The summed E-state index contributed by atoms with van der Waals surface area (Å²) in [6.45, 7) is 18.3. The van der Waals surface area contributed by atoms with Crippen molar-refractivity contribution in [2.75, 3.05) is 0 Å². The van der Waals surface area contributed by atoms with Gasteiger partial charge in [0.1, 0.15) is 0 Å². The van der Waals surface area contributed by atoms with E-state index in [0.717, 1.165) is 22.8 Å². The zero-order valence-corrected chi connectivity index (χ0v) is 40.0. The van der Waals surface area contributed by atoms with Crippen molar-refractivity contribution in [2.45, 2.75) is 233 Å². The minimum absolute atomic E-state index is 0.650. The maximum Gasteiger partial charge on any atom is 0.0889 e. The van der Waals surface area contributed by atoms with E-state index in [4.69, 9.17) is 19.9 Å². The summed E-state index contributed by atoms with van der Waals surface area (Å²) in [5, 5.41) is 0. The molecule has 0 aliphatic heterocycles. The van der Waals surface area contributed by atoms with Gasteiger partial charge in [-0.05, 0) is 146 Å². The van der Waals surface area contributed by atoms with Crippen LogP contribution in [0, 0.1) is 0 Å².